The molecule has 0 aliphatic carbocycles. The highest BCUT2D eigenvalue weighted by molar-refractivity contribution is 6.14. The third-order valence-electron chi connectivity index (χ3n) is 2.99. The van der Waals surface area contributed by atoms with E-state index in [0.29, 0.717) is 11.7 Å². The Bertz CT molecular complexity index is 726. The first-order chi connectivity index (χ1) is 9.63. The fourth-order valence-electron chi connectivity index (χ4n) is 2.15. The first-order valence-corrected chi connectivity index (χ1v) is 6.55. The number of rotatable bonds is 2. The number of nitrogens with zero attached hydrogens (tertiary/aromatic N) is 2. The Hall–Kier alpha value is -2.43. The van der Waals surface area contributed by atoms with E-state index in [1.165, 1.54) is 0 Å². The van der Waals surface area contributed by atoms with Crippen molar-refractivity contribution >= 4 is 28.8 Å². The van der Waals surface area contributed by atoms with Crippen molar-refractivity contribution in [3.8, 4) is 0 Å². The number of carbonyl (C=O) groups is 1. The maximum atomic E-state index is 11.9. The molecule has 0 unspecified atom stereocenters. The zero-order valence-corrected chi connectivity index (χ0v) is 11.4. The molecule has 0 atom stereocenters. The Balaban J connectivity index is 1.95. The highest BCUT2D eigenvalue weighted by atomic mass is 16.5. The molecule has 3 rings (SSSR count). The second-order valence-electron chi connectivity index (χ2n) is 4.97. The Labute approximate surface area is 116 Å². The molecule has 1 saturated heterocycles. The van der Waals surface area contributed by atoms with Gasteiger partial charge in [-0.25, -0.2) is 4.98 Å². The molecule has 102 valence electrons. The van der Waals surface area contributed by atoms with E-state index >= 15 is 0 Å². The number of ketones is 1. The summed E-state index contributed by atoms with van der Waals surface area (Å²) in [6, 6.07) is 3.93. The first-order valence-electron chi connectivity index (χ1n) is 6.55. The number of nitrogens with one attached hydrogen (secondary N) is 1. The van der Waals surface area contributed by atoms with Gasteiger partial charge in [-0.2, -0.15) is 0 Å². The van der Waals surface area contributed by atoms with Gasteiger partial charge in [-0.3, -0.25) is 9.79 Å². The molecule has 1 fully saturated rings. The lowest BCUT2D eigenvalue weighted by atomic mass is 10.1. The van der Waals surface area contributed by atoms with Crippen LogP contribution in [0.15, 0.2) is 35.3 Å². The summed E-state index contributed by atoms with van der Waals surface area (Å²) in [6.45, 7) is 3.90. The smallest absolute Gasteiger partial charge is 0.207 e. The number of allylic oxidation sites excluding steroid dienone is 1. The van der Waals surface area contributed by atoms with Gasteiger partial charge in [0.15, 0.2) is 11.7 Å². The summed E-state index contributed by atoms with van der Waals surface area (Å²) in [5.41, 5.74) is 1.68. The number of hydrogen-bond donors (Lipinski definition) is 1. The van der Waals surface area contributed by atoms with Crippen LogP contribution in [0.25, 0.3) is 17.1 Å². The van der Waals surface area contributed by atoms with Crippen LogP contribution in [0.3, 0.4) is 0 Å². The molecular formula is C15H15N3O2. The lowest BCUT2D eigenvalue weighted by molar-refractivity contribution is -0.114. The number of aromatic nitrogens is 2. The average molecular weight is 269 g/mol. The van der Waals surface area contributed by atoms with E-state index in [1.807, 2.05) is 32.2 Å². The number of hydrogen-bond acceptors (Lipinski definition) is 4. The molecule has 2 aromatic heterocycles. The molecule has 0 saturated carbocycles. The normalized spacial score (nSPS) is 19.4. The molecule has 5 nitrogen and oxygen atoms in total. The van der Waals surface area contributed by atoms with E-state index in [2.05, 4.69) is 15.0 Å². The van der Waals surface area contributed by atoms with E-state index in [-0.39, 0.29) is 18.2 Å². The summed E-state index contributed by atoms with van der Waals surface area (Å²) in [7, 11) is 0. The zero-order valence-electron chi connectivity index (χ0n) is 11.4. The quantitative estimate of drug-likeness (QED) is 0.852. The van der Waals surface area contributed by atoms with Crippen molar-refractivity contribution in [2.75, 3.05) is 0 Å². The van der Waals surface area contributed by atoms with Gasteiger partial charge in [-0.15, -0.1) is 0 Å². The van der Waals surface area contributed by atoms with Crippen LogP contribution < -0.4 is 0 Å². The van der Waals surface area contributed by atoms with E-state index in [4.69, 9.17) is 4.74 Å². The number of pyridine rings is 1. The predicted octanol–water partition coefficient (Wildman–Crippen LogP) is 2.70. The summed E-state index contributed by atoms with van der Waals surface area (Å²) < 4.78 is 5.53. The number of H-pyrrole nitrogens is 1. The van der Waals surface area contributed by atoms with Crippen LogP contribution in [-0.4, -0.2) is 27.7 Å². The maximum Gasteiger partial charge on any atom is 0.207 e. The number of Topliss-reactive ketones (excluding diaryl/α,β-unsaturated/α-hetero) is 1. The predicted molar refractivity (Wildman–Crippen MR) is 77.4 cm³/mol. The van der Waals surface area contributed by atoms with Crippen molar-refractivity contribution < 1.29 is 9.53 Å². The molecule has 2 aromatic rings. The number of ether oxygens (including phenoxy) is 1. The van der Waals surface area contributed by atoms with Crippen molar-refractivity contribution in [1.82, 2.24) is 9.97 Å². The average Bonchev–Trinajstić information content (AvgIpc) is 2.95. The van der Waals surface area contributed by atoms with Crippen LogP contribution in [0.4, 0.5) is 0 Å². The van der Waals surface area contributed by atoms with E-state index < -0.39 is 0 Å². The van der Waals surface area contributed by atoms with Crippen LogP contribution >= 0.6 is 0 Å². The Kier molecular flexibility index (Phi) is 3.10. The molecule has 20 heavy (non-hydrogen) atoms. The molecular weight excluding hydrogens is 254 g/mol. The van der Waals surface area contributed by atoms with Gasteiger partial charge in [0.1, 0.15) is 5.65 Å². The second kappa shape index (κ2) is 4.92. The lowest BCUT2D eigenvalue weighted by Crippen LogP contribution is -1.99. The standard InChI is InChI=1S/C15H15N3O2/c1-9(2)18-14-7-12(19)13(20-14)6-10-8-17-15-11(10)4-3-5-16-15/h3-6,8-9H,7H2,1-2H3,(H,16,17)/b13-6-,18-14?. The van der Waals surface area contributed by atoms with Gasteiger partial charge in [-0.1, -0.05) is 0 Å². The lowest BCUT2D eigenvalue weighted by Gasteiger charge is -2.00. The molecule has 1 aliphatic heterocycles. The van der Waals surface area contributed by atoms with Crippen molar-refractivity contribution in [2.24, 2.45) is 4.99 Å². The van der Waals surface area contributed by atoms with E-state index in [0.717, 1.165) is 16.6 Å². The SMILES string of the molecule is CC(C)N=C1CC(=O)/C(=C/c2c[nH]c3ncccc23)O1. The Morgan fingerprint density at radius 3 is 3.15 bits per heavy atom. The number of carbonyl (C=O) groups excluding carboxylic acids is 1. The van der Waals surface area contributed by atoms with Gasteiger partial charge >= 0.3 is 0 Å². The fraction of sp³-hybridized carbons (Fsp3) is 0.267. The van der Waals surface area contributed by atoms with Crippen LogP contribution in [0.5, 0.6) is 0 Å². The van der Waals surface area contributed by atoms with E-state index in [9.17, 15) is 4.79 Å². The molecule has 0 amide bonds. The minimum absolute atomic E-state index is 0.0392. The minimum Gasteiger partial charge on any atom is -0.439 e. The monoisotopic (exact) mass is 269 g/mol. The zero-order chi connectivity index (χ0) is 14.1. The third-order valence-corrected chi connectivity index (χ3v) is 2.99. The van der Waals surface area contributed by atoms with Gasteiger partial charge < -0.3 is 9.72 Å². The topological polar surface area (TPSA) is 67.3 Å². The van der Waals surface area contributed by atoms with Crippen LogP contribution in [0, 0.1) is 0 Å². The van der Waals surface area contributed by atoms with Gasteiger partial charge in [0.2, 0.25) is 5.78 Å². The van der Waals surface area contributed by atoms with Crippen LogP contribution in [0.1, 0.15) is 25.8 Å². The number of aromatic amines is 1. The summed E-state index contributed by atoms with van der Waals surface area (Å²) in [5.74, 6) is 0.797. The van der Waals surface area contributed by atoms with Gasteiger partial charge in [0.25, 0.3) is 0 Å². The molecule has 5 heteroatoms. The molecule has 1 aliphatic rings. The van der Waals surface area contributed by atoms with Gasteiger partial charge in [-0.05, 0) is 32.1 Å². The minimum atomic E-state index is -0.0392. The van der Waals surface area contributed by atoms with Crippen LogP contribution in [-0.2, 0) is 9.53 Å². The molecule has 3 heterocycles. The highest BCUT2D eigenvalue weighted by Crippen LogP contribution is 2.23. The molecule has 0 radical (unpaired) electrons. The molecule has 1 N–H and O–H groups in total. The molecule has 0 bridgehead atoms. The fourth-order valence-corrected chi connectivity index (χ4v) is 2.15. The summed E-state index contributed by atoms with van der Waals surface area (Å²) >= 11 is 0. The third kappa shape index (κ3) is 2.34. The van der Waals surface area contributed by atoms with Gasteiger partial charge in [0.05, 0.1) is 6.42 Å². The van der Waals surface area contributed by atoms with Crippen molar-refractivity contribution in [2.45, 2.75) is 26.3 Å². The summed E-state index contributed by atoms with van der Waals surface area (Å²) in [6.07, 6.45) is 5.52. The van der Waals surface area contributed by atoms with E-state index in [1.54, 1.807) is 12.3 Å². The molecule has 0 aromatic carbocycles. The number of fused-ring (bicyclic) bond motifs is 1. The number of aliphatic imine (C=N–C) groups is 1. The highest BCUT2D eigenvalue weighted by Gasteiger charge is 2.26. The summed E-state index contributed by atoms with van der Waals surface area (Å²) in [4.78, 5) is 23.5. The summed E-state index contributed by atoms with van der Waals surface area (Å²) in [5, 5.41) is 0.964. The van der Waals surface area contributed by atoms with Crippen molar-refractivity contribution in [1.29, 1.82) is 0 Å². The van der Waals surface area contributed by atoms with Crippen molar-refractivity contribution in [3.63, 3.8) is 0 Å². The van der Waals surface area contributed by atoms with Crippen molar-refractivity contribution in [3.05, 3.63) is 35.8 Å². The van der Waals surface area contributed by atoms with Crippen LogP contribution in [0.2, 0.25) is 0 Å². The first kappa shape index (κ1) is 12.6. The van der Waals surface area contributed by atoms with Gasteiger partial charge in [0, 0.05) is 29.4 Å². The maximum absolute atomic E-state index is 11.9. The Morgan fingerprint density at radius 2 is 2.35 bits per heavy atom. The Morgan fingerprint density at radius 1 is 1.50 bits per heavy atom. The molecule has 0 spiro atoms. The largest absolute Gasteiger partial charge is 0.439 e. The second-order valence-corrected chi connectivity index (χ2v) is 4.97.